The molecule has 5 heteroatoms. The van der Waals surface area contributed by atoms with Gasteiger partial charge in [0, 0.05) is 30.6 Å². The molecule has 1 aliphatic rings. The number of thiophene rings is 1. The van der Waals surface area contributed by atoms with Crippen LogP contribution in [0.5, 0.6) is 0 Å². The molecule has 4 nitrogen and oxygen atoms in total. The van der Waals surface area contributed by atoms with Crippen molar-refractivity contribution in [3.63, 3.8) is 0 Å². The standard InChI is InChI=1S/C18H20N2O2S/c1-13-8-9-23-16(13)12-19(2)18(22)14-10-17(21)20(11-14)15-6-4-3-5-7-15/h3-9,14H,10-12H2,1-2H3/t14-/m0/s1. The molecule has 1 aromatic heterocycles. The molecule has 1 saturated heterocycles. The van der Waals surface area contributed by atoms with Crippen LogP contribution in [0, 0.1) is 12.8 Å². The van der Waals surface area contributed by atoms with E-state index >= 15 is 0 Å². The number of amides is 2. The first-order chi connectivity index (χ1) is 11.1. The first-order valence-corrected chi connectivity index (χ1v) is 8.57. The molecule has 0 spiro atoms. The fraction of sp³-hybridized carbons (Fsp3) is 0.333. The Labute approximate surface area is 140 Å². The third-order valence-electron chi connectivity index (χ3n) is 4.27. The predicted molar refractivity (Wildman–Crippen MR) is 92.4 cm³/mol. The maximum Gasteiger partial charge on any atom is 0.228 e. The molecular weight excluding hydrogens is 308 g/mol. The summed E-state index contributed by atoms with van der Waals surface area (Å²) in [6, 6.07) is 11.6. The predicted octanol–water partition coefficient (Wildman–Crippen LogP) is 3.07. The molecule has 0 radical (unpaired) electrons. The van der Waals surface area contributed by atoms with E-state index in [1.54, 1.807) is 21.1 Å². The van der Waals surface area contributed by atoms with E-state index in [4.69, 9.17) is 0 Å². The van der Waals surface area contributed by atoms with Gasteiger partial charge in [-0.3, -0.25) is 9.59 Å². The van der Waals surface area contributed by atoms with Gasteiger partial charge in [0.05, 0.1) is 12.5 Å². The molecule has 120 valence electrons. The van der Waals surface area contributed by atoms with Crippen LogP contribution < -0.4 is 4.90 Å². The average Bonchev–Trinajstić information content (AvgIpc) is 3.14. The van der Waals surface area contributed by atoms with Crippen molar-refractivity contribution in [3.8, 4) is 0 Å². The molecule has 3 rings (SSSR count). The summed E-state index contributed by atoms with van der Waals surface area (Å²) in [5.41, 5.74) is 2.08. The van der Waals surface area contributed by atoms with Gasteiger partial charge in [0.25, 0.3) is 0 Å². The normalized spacial score (nSPS) is 17.6. The van der Waals surface area contributed by atoms with Crippen LogP contribution in [-0.2, 0) is 16.1 Å². The molecule has 0 bridgehead atoms. The Morgan fingerprint density at radius 2 is 2.04 bits per heavy atom. The highest BCUT2D eigenvalue weighted by Gasteiger charge is 2.36. The minimum absolute atomic E-state index is 0.0234. The van der Waals surface area contributed by atoms with E-state index < -0.39 is 0 Å². The van der Waals surface area contributed by atoms with Gasteiger partial charge in [-0.2, -0.15) is 0 Å². The highest BCUT2D eigenvalue weighted by molar-refractivity contribution is 7.10. The molecule has 0 saturated carbocycles. The minimum Gasteiger partial charge on any atom is -0.340 e. The summed E-state index contributed by atoms with van der Waals surface area (Å²) in [6.45, 7) is 3.13. The SMILES string of the molecule is Cc1ccsc1CN(C)C(=O)[C@H]1CC(=O)N(c2ccccc2)C1. The maximum atomic E-state index is 12.7. The van der Waals surface area contributed by atoms with Crippen molar-refractivity contribution in [1.82, 2.24) is 4.90 Å². The first kappa shape index (κ1) is 15.7. The number of hydrogen-bond acceptors (Lipinski definition) is 3. The van der Waals surface area contributed by atoms with Crippen molar-refractivity contribution in [3.05, 3.63) is 52.2 Å². The van der Waals surface area contributed by atoms with Crippen LogP contribution in [0.3, 0.4) is 0 Å². The fourth-order valence-electron chi connectivity index (χ4n) is 2.90. The van der Waals surface area contributed by atoms with E-state index in [9.17, 15) is 9.59 Å². The van der Waals surface area contributed by atoms with Crippen LogP contribution in [0.1, 0.15) is 16.9 Å². The second kappa shape index (κ2) is 6.54. The van der Waals surface area contributed by atoms with E-state index in [0.717, 1.165) is 5.69 Å². The monoisotopic (exact) mass is 328 g/mol. The molecular formula is C18H20N2O2S. The Morgan fingerprint density at radius 3 is 2.70 bits per heavy atom. The molecule has 1 fully saturated rings. The quantitative estimate of drug-likeness (QED) is 0.865. The van der Waals surface area contributed by atoms with Gasteiger partial charge in [0.2, 0.25) is 11.8 Å². The summed E-state index contributed by atoms with van der Waals surface area (Å²) < 4.78 is 0. The number of para-hydroxylation sites is 1. The number of hydrogen-bond donors (Lipinski definition) is 0. The topological polar surface area (TPSA) is 40.6 Å². The molecule has 1 atom stereocenters. The second-order valence-electron chi connectivity index (χ2n) is 5.96. The van der Waals surface area contributed by atoms with Gasteiger partial charge in [0.15, 0.2) is 0 Å². The third kappa shape index (κ3) is 3.29. The van der Waals surface area contributed by atoms with Gasteiger partial charge in [0.1, 0.15) is 0 Å². The fourth-order valence-corrected chi connectivity index (χ4v) is 3.86. The number of carbonyl (C=O) groups excluding carboxylic acids is 2. The molecule has 0 N–H and O–H groups in total. The Bertz CT molecular complexity index is 711. The van der Waals surface area contributed by atoms with Crippen LogP contribution >= 0.6 is 11.3 Å². The van der Waals surface area contributed by atoms with E-state index in [1.165, 1.54) is 10.4 Å². The second-order valence-corrected chi connectivity index (χ2v) is 6.96. The molecule has 2 heterocycles. The number of nitrogens with zero attached hydrogens (tertiary/aromatic N) is 2. The number of rotatable bonds is 4. The molecule has 23 heavy (non-hydrogen) atoms. The zero-order valence-electron chi connectivity index (χ0n) is 13.4. The van der Waals surface area contributed by atoms with Crippen LogP contribution in [0.2, 0.25) is 0 Å². The largest absolute Gasteiger partial charge is 0.340 e. The van der Waals surface area contributed by atoms with Gasteiger partial charge >= 0.3 is 0 Å². The summed E-state index contributed by atoms with van der Waals surface area (Å²) in [5, 5.41) is 2.04. The van der Waals surface area contributed by atoms with Crippen molar-refractivity contribution in [2.45, 2.75) is 19.9 Å². The summed E-state index contributed by atoms with van der Waals surface area (Å²) in [4.78, 5) is 29.6. The van der Waals surface area contributed by atoms with E-state index in [-0.39, 0.29) is 17.7 Å². The highest BCUT2D eigenvalue weighted by atomic mass is 32.1. The van der Waals surface area contributed by atoms with Crippen molar-refractivity contribution in [1.29, 1.82) is 0 Å². The van der Waals surface area contributed by atoms with Gasteiger partial charge in [-0.05, 0) is 36.1 Å². The van der Waals surface area contributed by atoms with Crippen molar-refractivity contribution in [2.24, 2.45) is 5.92 Å². The molecule has 0 aliphatic carbocycles. The smallest absolute Gasteiger partial charge is 0.228 e. The lowest BCUT2D eigenvalue weighted by Crippen LogP contribution is -2.34. The maximum absolute atomic E-state index is 12.7. The van der Waals surface area contributed by atoms with Crippen LogP contribution in [0.4, 0.5) is 5.69 Å². The van der Waals surface area contributed by atoms with Gasteiger partial charge in [-0.25, -0.2) is 0 Å². The Kier molecular flexibility index (Phi) is 4.48. The number of aryl methyl sites for hydroxylation is 1. The average molecular weight is 328 g/mol. The number of carbonyl (C=O) groups is 2. The summed E-state index contributed by atoms with van der Waals surface area (Å²) in [5.74, 6) is -0.187. The van der Waals surface area contributed by atoms with Crippen LogP contribution in [0.15, 0.2) is 41.8 Å². The third-order valence-corrected chi connectivity index (χ3v) is 5.28. The summed E-state index contributed by atoms with van der Waals surface area (Å²) >= 11 is 1.66. The van der Waals surface area contributed by atoms with E-state index in [0.29, 0.717) is 19.5 Å². The molecule has 1 aromatic carbocycles. The zero-order valence-corrected chi connectivity index (χ0v) is 14.2. The highest BCUT2D eigenvalue weighted by Crippen LogP contribution is 2.26. The molecule has 1 aliphatic heterocycles. The Balaban J connectivity index is 1.67. The van der Waals surface area contributed by atoms with Gasteiger partial charge in [-0.15, -0.1) is 11.3 Å². The number of benzene rings is 1. The molecule has 0 unspecified atom stereocenters. The number of anilines is 1. The van der Waals surface area contributed by atoms with Crippen molar-refractivity contribution < 1.29 is 9.59 Å². The van der Waals surface area contributed by atoms with Crippen molar-refractivity contribution >= 4 is 28.8 Å². The molecule has 2 aromatic rings. The lowest BCUT2D eigenvalue weighted by Gasteiger charge is -2.21. The van der Waals surface area contributed by atoms with E-state index in [1.807, 2.05) is 42.8 Å². The van der Waals surface area contributed by atoms with Gasteiger partial charge in [-0.1, -0.05) is 18.2 Å². The van der Waals surface area contributed by atoms with Crippen LogP contribution in [0.25, 0.3) is 0 Å². The molecule has 2 amide bonds. The van der Waals surface area contributed by atoms with Gasteiger partial charge < -0.3 is 9.80 Å². The Hall–Kier alpha value is -2.14. The lowest BCUT2D eigenvalue weighted by atomic mass is 10.1. The summed E-state index contributed by atoms with van der Waals surface area (Å²) in [7, 11) is 1.82. The first-order valence-electron chi connectivity index (χ1n) is 7.69. The lowest BCUT2D eigenvalue weighted by molar-refractivity contribution is -0.135. The van der Waals surface area contributed by atoms with Crippen molar-refractivity contribution in [2.75, 3.05) is 18.5 Å². The minimum atomic E-state index is -0.257. The zero-order chi connectivity index (χ0) is 16.4. The van der Waals surface area contributed by atoms with E-state index in [2.05, 4.69) is 13.0 Å². The van der Waals surface area contributed by atoms with Crippen LogP contribution in [-0.4, -0.2) is 30.3 Å². The Morgan fingerprint density at radius 1 is 1.30 bits per heavy atom. The summed E-state index contributed by atoms with van der Waals surface area (Å²) in [6.07, 6.45) is 0.293.